The number of hydrogen-bond acceptors (Lipinski definition) is 4. The first-order chi connectivity index (χ1) is 10.1. The standard InChI is InChI=1S/C15H16N4OS/c1-2-19(10-11-5-7-17-8-6-11)15(20)13-4-3-12(9-18-13)14(16)21/h3-9H,2,10H2,1H3,(H2,16,21). The highest BCUT2D eigenvalue weighted by molar-refractivity contribution is 7.80. The second kappa shape index (κ2) is 6.90. The van der Waals surface area contributed by atoms with Crippen molar-refractivity contribution < 1.29 is 4.79 Å². The van der Waals surface area contributed by atoms with Gasteiger partial charge in [-0.1, -0.05) is 12.2 Å². The van der Waals surface area contributed by atoms with Gasteiger partial charge in [0.25, 0.3) is 5.91 Å². The molecule has 2 rings (SSSR count). The van der Waals surface area contributed by atoms with Gasteiger partial charge in [-0.2, -0.15) is 0 Å². The molecule has 1 amide bonds. The number of carbonyl (C=O) groups is 1. The average molecular weight is 300 g/mol. The maximum atomic E-state index is 12.4. The number of pyridine rings is 2. The molecule has 2 N–H and O–H groups in total. The van der Waals surface area contributed by atoms with Crippen molar-refractivity contribution in [1.82, 2.24) is 14.9 Å². The Kier molecular flexibility index (Phi) is 4.94. The summed E-state index contributed by atoms with van der Waals surface area (Å²) in [5.41, 5.74) is 7.58. The molecule has 6 heteroatoms. The van der Waals surface area contributed by atoms with E-state index in [0.29, 0.717) is 24.3 Å². The predicted molar refractivity (Wildman–Crippen MR) is 84.8 cm³/mol. The molecule has 0 unspecified atom stereocenters. The number of amides is 1. The number of thiocarbonyl (C=S) groups is 1. The molecular weight excluding hydrogens is 284 g/mol. The smallest absolute Gasteiger partial charge is 0.272 e. The van der Waals surface area contributed by atoms with Gasteiger partial charge >= 0.3 is 0 Å². The normalized spacial score (nSPS) is 10.1. The lowest BCUT2D eigenvalue weighted by atomic mass is 10.2. The molecular formula is C15H16N4OS. The van der Waals surface area contributed by atoms with Crippen LogP contribution in [0.2, 0.25) is 0 Å². The van der Waals surface area contributed by atoms with Gasteiger partial charge in [0.2, 0.25) is 0 Å². The molecule has 108 valence electrons. The molecule has 5 nitrogen and oxygen atoms in total. The maximum absolute atomic E-state index is 12.4. The third-order valence-electron chi connectivity index (χ3n) is 3.06. The predicted octanol–water partition coefficient (Wildman–Crippen LogP) is 1.77. The molecule has 0 bridgehead atoms. The lowest BCUT2D eigenvalue weighted by molar-refractivity contribution is 0.0746. The van der Waals surface area contributed by atoms with Crippen molar-refractivity contribution in [2.45, 2.75) is 13.5 Å². The van der Waals surface area contributed by atoms with Crippen LogP contribution in [-0.4, -0.2) is 32.3 Å². The van der Waals surface area contributed by atoms with Crippen LogP contribution in [0.15, 0.2) is 42.9 Å². The van der Waals surface area contributed by atoms with Crippen molar-refractivity contribution in [2.75, 3.05) is 6.54 Å². The largest absolute Gasteiger partial charge is 0.389 e. The number of hydrogen-bond donors (Lipinski definition) is 1. The molecule has 0 saturated carbocycles. The average Bonchev–Trinajstić information content (AvgIpc) is 2.53. The van der Waals surface area contributed by atoms with E-state index in [1.807, 2.05) is 19.1 Å². The highest BCUT2D eigenvalue weighted by Gasteiger charge is 2.16. The number of carbonyl (C=O) groups excluding carboxylic acids is 1. The number of aromatic nitrogens is 2. The fourth-order valence-electron chi connectivity index (χ4n) is 1.86. The summed E-state index contributed by atoms with van der Waals surface area (Å²) in [5, 5.41) is 0. The van der Waals surface area contributed by atoms with Crippen molar-refractivity contribution in [3.8, 4) is 0 Å². The van der Waals surface area contributed by atoms with Gasteiger partial charge in [-0.05, 0) is 36.8 Å². The van der Waals surface area contributed by atoms with Gasteiger partial charge < -0.3 is 10.6 Å². The van der Waals surface area contributed by atoms with E-state index in [1.54, 1.807) is 29.4 Å². The van der Waals surface area contributed by atoms with Crippen molar-refractivity contribution in [3.63, 3.8) is 0 Å². The summed E-state index contributed by atoms with van der Waals surface area (Å²) in [6, 6.07) is 7.13. The molecule has 0 radical (unpaired) electrons. The second-order valence-corrected chi connectivity index (χ2v) is 4.91. The molecule has 0 aromatic carbocycles. The van der Waals surface area contributed by atoms with Gasteiger partial charge in [-0.25, -0.2) is 0 Å². The van der Waals surface area contributed by atoms with E-state index in [-0.39, 0.29) is 10.9 Å². The molecule has 0 aliphatic heterocycles. The van der Waals surface area contributed by atoms with E-state index >= 15 is 0 Å². The first kappa shape index (κ1) is 15.1. The van der Waals surface area contributed by atoms with Gasteiger partial charge in [0, 0.05) is 37.2 Å². The Labute approximate surface area is 128 Å². The quantitative estimate of drug-likeness (QED) is 0.852. The molecule has 0 aliphatic carbocycles. The van der Waals surface area contributed by atoms with Crippen LogP contribution < -0.4 is 5.73 Å². The zero-order valence-corrected chi connectivity index (χ0v) is 12.5. The van der Waals surface area contributed by atoms with Gasteiger partial charge in [-0.15, -0.1) is 0 Å². The Morgan fingerprint density at radius 2 is 2.00 bits per heavy atom. The minimum Gasteiger partial charge on any atom is -0.389 e. The van der Waals surface area contributed by atoms with Crippen LogP contribution in [-0.2, 0) is 6.54 Å². The van der Waals surface area contributed by atoms with Crippen LogP contribution in [0, 0.1) is 0 Å². The highest BCUT2D eigenvalue weighted by atomic mass is 32.1. The summed E-state index contributed by atoms with van der Waals surface area (Å²) in [4.78, 5) is 22.5. The van der Waals surface area contributed by atoms with E-state index < -0.39 is 0 Å². The minimum absolute atomic E-state index is 0.121. The van der Waals surface area contributed by atoms with E-state index in [1.165, 1.54) is 6.20 Å². The molecule has 21 heavy (non-hydrogen) atoms. The molecule has 0 spiro atoms. The lowest BCUT2D eigenvalue weighted by Gasteiger charge is -2.20. The van der Waals surface area contributed by atoms with Crippen molar-refractivity contribution in [3.05, 3.63) is 59.7 Å². The van der Waals surface area contributed by atoms with Crippen LogP contribution in [0.3, 0.4) is 0 Å². The van der Waals surface area contributed by atoms with E-state index in [0.717, 1.165) is 5.56 Å². The Bertz CT molecular complexity index is 628. The summed E-state index contributed by atoms with van der Waals surface area (Å²) in [5.74, 6) is -0.121. The maximum Gasteiger partial charge on any atom is 0.272 e. The van der Waals surface area contributed by atoms with Crippen LogP contribution in [0.5, 0.6) is 0 Å². The van der Waals surface area contributed by atoms with Crippen LogP contribution in [0.4, 0.5) is 0 Å². The van der Waals surface area contributed by atoms with Gasteiger partial charge in [0.05, 0.1) is 0 Å². The lowest BCUT2D eigenvalue weighted by Crippen LogP contribution is -2.31. The topological polar surface area (TPSA) is 72.1 Å². The first-order valence-corrected chi connectivity index (χ1v) is 6.96. The van der Waals surface area contributed by atoms with Crippen molar-refractivity contribution in [2.24, 2.45) is 5.73 Å². The summed E-state index contributed by atoms with van der Waals surface area (Å²) in [7, 11) is 0. The second-order valence-electron chi connectivity index (χ2n) is 4.47. The molecule has 0 aliphatic rings. The third kappa shape index (κ3) is 3.82. The zero-order chi connectivity index (χ0) is 15.2. The van der Waals surface area contributed by atoms with Gasteiger partial charge in [0.1, 0.15) is 10.7 Å². The number of nitrogens with two attached hydrogens (primary N) is 1. The summed E-state index contributed by atoms with van der Waals surface area (Å²) in [6.07, 6.45) is 4.95. The monoisotopic (exact) mass is 300 g/mol. The summed E-state index contributed by atoms with van der Waals surface area (Å²) >= 11 is 4.87. The molecule has 0 fully saturated rings. The fraction of sp³-hybridized carbons (Fsp3) is 0.200. The zero-order valence-electron chi connectivity index (χ0n) is 11.7. The van der Waals surface area contributed by atoms with E-state index in [9.17, 15) is 4.79 Å². The SMILES string of the molecule is CCN(Cc1ccncc1)C(=O)c1ccc(C(N)=S)cn1. The number of nitrogens with zero attached hydrogens (tertiary/aromatic N) is 3. The van der Waals surface area contributed by atoms with Crippen molar-refractivity contribution in [1.29, 1.82) is 0 Å². The van der Waals surface area contributed by atoms with Crippen molar-refractivity contribution >= 4 is 23.1 Å². The van der Waals surface area contributed by atoms with Gasteiger partial charge in [0.15, 0.2) is 0 Å². The minimum atomic E-state index is -0.121. The van der Waals surface area contributed by atoms with E-state index in [4.69, 9.17) is 18.0 Å². The highest BCUT2D eigenvalue weighted by Crippen LogP contribution is 2.09. The Morgan fingerprint density at radius 1 is 1.29 bits per heavy atom. The van der Waals surface area contributed by atoms with Crippen LogP contribution in [0.1, 0.15) is 28.5 Å². The number of rotatable bonds is 5. The Morgan fingerprint density at radius 3 is 2.52 bits per heavy atom. The Balaban J connectivity index is 2.14. The molecule has 0 saturated heterocycles. The summed E-state index contributed by atoms with van der Waals surface area (Å²) < 4.78 is 0. The molecule has 2 heterocycles. The fourth-order valence-corrected chi connectivity index (χ4v) is 1.98. The van der Waals surface area contributed by atoms with Crippen LogP contribution in [0.25, 0.3) is 0 Å². The Hall–Kier alpha value is -2.34. The molecule has 2 aromatic heterocycles. The van der Waals surface area contributed by atoms with E-state index in [2.05, 4.69) is 9.97 Å². The summed E-state index contributed by atoms with van der Waals surface area (Å²) in [6.45, 7) is 3.05. The third-order valence-corrected chi connectivity index (χ3v) is 3.29. The van der Waals surface area contributed by atoms with Crippen LogP contribution >= 0.6 is 12.2 Å². The first-order valence-electron chi connectivity index (χ1n) is 6.56. The van der Waals surface area contributed by atoms with Gasteiger partial charge in [-0.3, -0.25) is 14.8 Å². The molecule has 2 aromatic rings. The molecule has 0 atom stereocenters.